The van der Waals surface area contributed by atoms with Crippen LogP contribution >= 0.6 is 12.4 Å². The van der Waals surface area contributed by atoms with Gasteiger partial charge in [0.15, 0.2) is 0 Å². The molecular formula is C22H34ClN3O2. The van der Waals surface area contributed by atoms with E-state index in [-0.39, 0.29) is 24.2 Å². The Kier molecular flexibility index (Phi) is 8.32. The summed E-state index contributed by atoms with van der Waals surface area (Å²) in [7, 11) is 0. The minimum absolute atomic E-state index is 0. The van der Waals surface area contributed by atoms with Crippen LogP contribution in [0.3, 0.4) is 0 Å². The molecule has 2 aliphatic rings. The van der Waals surface area contributed by atoms with E-state index in [0.717, 1.165) is 57.3 Å². The van der Waals surface area contributed by atoms with Crippen molar-refractivity contribution in [1.82, 2.24) is 10.6 Å². The first kappa shape index (κ1) is 22.7. The number of nitrogens with one attached hydrogen (secondary N) is 3. The molecule has 1 aliphatic carbocycles. The van der Waals surface area contributed by atoms with Crippen LogP contribution in [0.2, 0.25) is 0 Å². The van der Waals surface area contributed by atoms with Crippen LogP contribution in [-0.4, -0.2) is 31.4 Å². The molecule has 2 amide bonds. The molecule has 1 atom stereocenters. The van der Waals surface area contributed by atoms with Gasteiger partial charge < -0.3 is 16.0 Å². The monoisotopic (exact) mass is 407 g/mol. The Labute approximate surface area is 174 Å². The molecule has 1 heterocycles. The molecule has 2 fully saturated rings. The van der Waals surface area contributed by atoms with E-state index < -0.39 is 5.41 Å². The Morgan fingerprint density at radius 1 is 1.18 bits per heavy atom. The van der Waals surface area contributed by atoms with Gasteiger partial charge in [-0.3, -0.25) is 9.59 Å². The lowest BCUT2D eigenvalue weighted by atomic mass is 9.84. The van der Waals surface area contributed by atoms with Crippen molar-refractivity contribution in [3.63, 3.8) is 0 Å². The molecule has 3 rings (SSSR count). The van der Waals surface area contributed by atoms with Crippen molar-refractivity contribution in [2.75, 3.05) is 25.0 Å². The molecule has 156 valence electrons. The Morgan fingerprint density at radius 2 is 1.93 bits per heavy atom. The van der Waals surface area contributed by atoms with E-state index in [1.165, 1.54) is 11.1 Å². The average Bonchev–Trinajstić information content (AvgIpc) is 3.33. The van der Waals surface area contributed by atoms with E-state index >= 15 is 0 Å². The third-order valence-electron chi connectivity index (χ3n) is 6.37. The molecule has 1 unspecified atom stereocenters. The summed E-state index contributed by atoms with van der Waals surface area (Å²) in [5.41, 5.74) is 2.76. The summed E-state index contributed by atoms with van der Waals surface area (Å²) in [6, 6.07) is 6.01. The fraction of sp³-hybridized carbons (Fsp3) is 0.636. The molecule has 28 heavy (non-hydrogen) atoms. The summed E-state index contributed by atoms with van der Waals surface area (Å²) in [5.74, 6) is 0.736. The highest BCUT2D eigenvalue weighted by Gasteiger charge is 2.41. The van der Waals surface area contributed by atoms with Crippen molar-refractivity contribution in [2.45, 2.75) is 58.8 Å². The number of amides is 2. The molecule has 1 aromatic rings. The van der Waals surface area contributed by atoms with E-state index in [2.05, 4.69) is 29.8 Å². The second-order valence-electron chi connectivity index (χ2n) is 8.41. The average molecular weight is 408 g/mol. The minimum Gasteiger partial charge on any atom is -0.355 e. The fourth-order valence-corrected chi connectivity index (χ4v) is 4.27. The van der Waals surface area contributed by atoms with E-state index in [0.29, 0.717) is 18.9 Å². The number of aryl methyl sites for hydroxylation is 2. The normalized spacial score (nSPS) is 20.4. The number of hydrogen-bond donors (Lipinski definition) is 3. The van der Waals surface area contributed by atoms with Gasteiger partial charge in [0, 0.05) is 18.7 Å². The number of carbonyl (C=O) groups is 2. The lowest BCUT2D eigenvalue weighted by Gasteiger charge is -2.28. The Morgan fingerprint density at radius 3 is 2.57 bits per heavy atom. The predicted octanol–water partition coefficient (Wildman–Crippen LogP) is 3.73. The van der Waals surface area contributed by atoms with Crippen molar-refractivity contribution in [1.29, 1.82) is 0 Å². The quantitative estimate of drug-likeness (QED) is 0.645. The van der Waals surface area contributed by atoms with E-state index in [1.807, 2.05) is 18.2 Å². The smallest absolute Gasteiger partial charge is 0.232 e. The molecule has 1 aromatic carbocycles. The lowest BCUT2D eigenvalue weighted by Crippen LogP contribution is -2.44. The second kappa shape index (κ2) is 10.3. The third kappa shape index (κ3) is 5.71. The van der Waals surface area contributed by atoms with Gasteiger partial charge in [-0.05, 0) is 81.8 Å². The van der Waals surface area contributed by atoms with Gasteiger partial charge in [0.2, 0.25) is 11.8 Å². The first-order valence-corrected chi connectivity index (χ1v) is 10.3. The summed E-state index contributed by atoms with van der Waals surface area (Å²) >= 11 is 0. The molecule has 3 N–H and O–H groups in total. The van der Waals surface area contributed by atoms with Crippen molar-refractivity contribution in [3.05, 3.63) is 29.3 Å². The van der Waals surface area contributed by atoms with Crippen molar-refractivity contribution in [3.8, 4) is 0 Å². The number of anilines is 1. The van der Waals surface area contributed by atoms with Crippen LogP contribution < -0.4 is 16.0 Å². The van der Waals surface area contributed by atoms with Gasteiger partial charge in [0.05, 0.1) is 5.41 Å². The van der Waals surface area contributed by atoms with Crippen LogP contribution in [0.1, 0.15) is 56.1 Å². The van der Waals surface area contributed by atoms with Crippen molar-refractivity contribution >= 4 is 29.9 Å². The summed E-state index contributed by atoms with van der Waals surface area (Å²) in [4.78, 5) is 25.3. The molecule has 0 spiro atoms. The van der Waals surface area contributed by atoms with Gasteiger partial charge in [0.25, 0.3) is 0 Å². The highest BCUT2D eigenvalue weighted by atomic mass is 35.5. The lowest BCUT2D eigenvalue weighted by molar-refractivity contribution is -0.126. The molecule has 1 aliphatic heterocycles. The molecule has 1 saturated carbocycles. The number of halogens is 1. The molecule has 0 radical (unpaired) electrons. The van der Waals surface area contributed by atoms with Gasteiger partial charge in [-0.1, -0.05) is 18.9 Å². The summed E-state index contributed by atoms with van der Waals surface area (Å²) in [5, 5.41) is 9.49. The second-order valence-corrected chi connectivity index (χ2v) is 8.41. The zero-order valence-corrected chi connectivity index (χ0v) is 17.9. The minimum atomic E-state index is -0.469. The van der Waals surface area contributed by atoms with E-state index in [9.17, 15) is 9.59 Å². The van der Waals surface area contributed by atoms with Crippen LogP contribution in [0.5, 0.6) is 0 Å². The zero-order valence-electron chi connectivity index (χ0n) is 17.1. The van der Waals surface area contributed by atoms with Crippen LogP contribution in [0, 0.1) is 25.2 Å². The van der Waals surface area contributed by atoms with Gasteiger partial charge in [0.1, 0.15) is 0 Å². The maximum Gasteiger partial charge on any atom is 0.232 e. The fourth-order valence-electron chi connectivity index (χ4n) is 4.27. The van der Waals surface area contributed by atoms with Crippen LogP contribution in [0.25, 0.3) is 0 Å². The van der Waals surface area contributed by atoms with Gasteiger partial charge in [-0.2, -0.15) is 0 Å². The highest BCUT2D eigenvalue weighted by Crippen LogP contribution is 2.38. The molecule has 5 nitrogen and oxygen atoms in total. The predicted molar refractivity (Wildman–Crippen MR) is 116 cm³/mol. The van der Waals surface area contributed by atoms with Gasteiger partial charge in [-0.15, -0.1) is 12.4 Å². The molecule has 0 aromatic heterocycles. The Hall–Kier alpha value is -1.59. The van der Waals surface area contributed by atoms with E-state index in [1.54, 1.807) is 0 Å². The zero-order chi connectivity index (χ0) is 19.3. The number of carbonyl (C=O) groups excluding carboxylic acids is 2. The molecule has 6 heteroatoms. The molecule has 0 bridgehead atoms. The first-order valence-electron chi connectivity index (χ1n) is 10.3. The topological polar surface area (TPSA) is 70.2 Å². The molecular weight excluding hydrogens is 374 g/mol. The summed E-state index contributed by atoms with van der Waals surface area (Å²) < 4.78 is 0. The number of hydrogen-bond acceptors (Lipinski definition) is 3. The summed E-state index contributed by atoms with van der Waals surface area (Å²) in [6.45, 7) is 6.65. The largest absolute Gasteiger partial charge is 0.355 e. The molecule has 1 saturated heterocycles. The van der Waals surface area contributed by atoms with Crippen molar-refractivity contribution < 1.29 is 9.59 Å². The number of benzene rings is 1. The Bertz CT molecular complexity index is 680. The van der Waals surface area contributed by atoms with Crippen LogP contribution in [0.4, 0.5) is 5.69 Å². The number of rotatable bonds is 7. The maximum absolute atomic E-state index is 13.0. The van der Waals surface area contributed by atoms with Gasteiger partial charge >= 0.3 is 0 Å². The SMILES string of the molecule is Cc1ccc(NC(=O)C2(CNC(=O)CCC3CCNC3)CCCC2)cc1C.Cl. The Balaban J connectivity index is 0.00000280. The van der Waals surface area contributed by atoms with Crippen LogP contribution in [0.15, 0.2) is 18.2 Å². The standard InChI is InChI=1S/C22H33N3O2.ClH/c1-16-5-7-19(13-17(16)2)25-21(27)22(10-3-4-11-22)15-24-20(26)8-6-18-9-12-23-14-18;/h5,7,13,18,23H,3-4,6,8-12,14-15H2,1-2H3,(H,24,26)(H,25,27);1H. The third-order valence-corrected chi connectivity index (χ3v) is 6.37. The van der Waals surface area contributed by atoms with Crippen molar-refractivity contribution in [2.24, 2.45) is 11.3 Å². The highest BCUT2D eigenvalue weighted by molar-refractivity contribution is 5.96. The first-order chi connectivity index (χ1) is 13.0. The van der Waals surface area contributed by atoms with Gasteiger partial charge in [-0.25, -0.2) is 0 Å². The maximum atomic E-state index is 13.0. The van der Waals surface area contributed by atoms with E-state index in [4.69, 9.17) is 0 Å². The summed E-state index contributed by atoms with van der Waals surface area (Å²) in [6.07, 6.45) is 6.43. The van der Waals surface area contributed by atoms with Crippen LogP contribution in [-0.2, 0) is 9.59 Å².